The van der Waals surface area contributed by atoms with Crippen molar-refractivity contribution < 1.29 is 4.74 Å². The third kappa shape index (κ3) is 5.12. The number of hydrogen-bond acceptors (Lipinski definition) is 4. The van der Waals surface area contributed by atoms with E-state index in [4.69, 9.17) is 19.7 Å². The summed E-state index contributed by atoms with van der Waals surface area (Å²) in [7, 11) is 0. The third-order valence-corrected chi connectivity index (χ3v) is 9.96. The second-order valence-corrected chi connectivity index (χ2v) is 13.1. The van der Waals surface area contributed by atoms with E-state index in [0.29, 0.717) is 5.82 Å². The molecule has 3 heterocycles. The minimum Gasteiger partial charge on any atom is -0.485 e. The van der Waals surface area contributed by atoms with Crippen LogP contribution in [0.25, 0.3) is 78.8 Å². The van der Waals surface area contributed by atoms with Crippen molar-refractivity contribution in [1.29, 1.82) is 0 Å². The average molecular weight is 654 g/mol. The fourth-order valence-electron chi connectivity index (χ4n) is 7.56. The van der Waals surface area contributed by atoms with Crippen LogP contribution in [-0.2, 0) is 0 Å². The molecule has 1 unspecified atom stereocenters. The first-order chi connectivity index (χ1) is 25.3. The van der Waals surface area contributed by atoms with Crippen molar-refractivity contribution in [2.45, 2.75) is 12.5 Å². The number of hydrogen-bond donors (Lipinski definition) is 0. The van der Waals surface area contributed by atoms with Crippen molar-refractivity contribution in [3.8, 4) is 62.0 Å². The molecule has 2 aliphatic rings. The smallest absolute Gasteiger partial charge is 0.160 e. The van der Waals surface area contributed by atoms with Crippen LogP contribution in [0.1, 0.15) is 12.0 Å². The predicted molar refractivity (Wildman–Crippen MR) is 206 cm³/mol. The zero-order valence-electron chi connectivity index (χ0n) is 27.7. The number of ether oxygens (including phenoxy) is 1. The molecule has 2 aromatic heterocycles. The maximum atomic E-state index is 6.54. The third-order valence-electron chi connectivity index (χ3n) is 9.96. The van der Waals surface area contributed by atoms with E-state index in [1.54, 1.807) is 0 Å². The minimum atomic E-state index is -0.0417. The van der Waals surface area contributed by atoms with Crippen LogP contribution in [0.15, 0.2) is 164 Å². The second-order valence-electron chi connectivity index (χ2n) is 13.1. The van der Waals surface area contributed by atoms with Crippen molar-refractivity contribution in [2.75, 3.05) is 0 Å². The predicted octanol–water partition coefficient (Wildman–Crippen LogP) is 9.50. The highest BCUT2D eigenvalue weighted by Crippen LogP contribution is 2.39. The van der Waals surface area contributed by atoms with E-state index in [0.717, 1.165) is 84.3 Å². The molecule has 4 nitrogen and oxygen atoms in total. The molecule has 8 aromatic rings. The topological polar surface area (TPSA) is 47.9 Å². The molecule has 0 amide bonds. The van der Waals surface area contributed by atoms with E-state index >= 15 is 0 Å². The van der Waals surface area contributed by atoms with Gasteiger partial charge in [-0.2, -0.15) is 0 Å². The molecule has 51 heavy (non-hydrogen) atoms. The normalized spacial score (nSPS) is 14.3. The first-order valence-electron chi connectivity index (χ1n) is 17.4. The van der Waals surface area contributed by atoms with Gasteiger partial charge in [-0.25, -0.2) is 15.0 Å². The Morgan fingerprint density at radius 1 is 0.490 bits per heavy atom. The Labute approximate surface area is 295 Å². The van der Waals surface area contributed by atoms with Crippen LogP contribution in [0, 0.1) is 0 Å². The highest BCUT2D eigenvalue weighted by atomic mass is 16.5. The molecule has 1 atom stereocenters. The molecule has 1 aliphatic carbocycles. The SMILES string of the molecule is C1=c2c(-c3ccccc3)nc3ccc(-c4cc(-c5ccccc5)nc(-c5cccc(-c6ccccc6)c5)n4)cc3c2=C2c3ccccc3OC2C1. The van der Waals surface area contributed by atoms with E-state index in [2.05, 4.69) is 152 Å². The Balaban J connectivity index is 1.22. The fraction of sp³-hybridized carbons (Fsp3) is 0.0426. The van der Waals surface area contributed by atoms with E-state index in [1.165, 1.54) is 10.8 Å². The molecule has 1 aliphatic heterocycles. The highest BCUT2D eigenvalue weighted by Gasteiger charge is 2.31. The number of benzene rings is 6. The average Bonchev–Trinajstić information content (AvgIpc) is 3.60. The zero-order chi connectivity index (χ0) is 33.7. The van der Waals surface area contributed by atoms with Gasteiger partial charge >= 0.3 is 0 Å². The molecule has 0 saturated heterocycles. The van der Waals surface area contributed by atoms with Crippen molar-refractivity contribution in [3.05, 3.63) is 180 Å². The molecule has 10 rings (SSSR count). The van der Waals surface area contributed by atoms with Crippen LogP contribution >= 0.6 is 0 Å². The van der Waals surface area contributed by atoms with E-state index in [9.17, 15) is 0 Å². The number of nitrogens with zero attached hydrogens (tertiary/aromatic N) is 3. The van der Waals surface area contributed by atoms with Gasteiger partial charge in [0, 0.05) is 55.6 Å². The summed E-state index contributed by atoms with van der Waals surface area (Å²) >= 11 is 0. The lowest BCUT2D eigenvalue weighted by molar-refractivity contribution is 0.282. The zero-order valence-corrected chi connectivity index (χ0v) is 27.7. The molecular weight excluding hydrogens is 623 g/mol. The van der Waals surface area contributed by atoms with Crippen molar-refractivity contribution in [3.63, 3.8) is 0 Å². The van der Waals surface area contributed by atoms with Crippen LogP contribution < -0.4 is 15.2 Å². The number of aromatic nitrogens is 3. The number of para-hydroxylation sites is 1. The Morgan fingerprint density at radius 2 is 1.14 bits per heavy atom. The van der Waals surface area contributed by atoms with E-state index < -0.39 is 0 Å². The lowest BCUT2D eigenvalue weighted by atomic mass is 9.89. The maximum absolute atomic E-state index is 6.54. The summed E-state index contributed by atoms with van der Waals surface area (Å²) in [6, 6.07) is 56.8. The van der Waals surface area contributed by atoms with Gasteiger partial charge in [0.1, 0.15) is 11.9 Å². The van der Waals surface area contributed by atoms with Crippen molar-refractivity contribution in [1.82, 2.24) is 15.0 Å². The number of pyridine rings is 1. The monoisotopic (exact) mass is 653 g/mol. The molecule has 0 fully saturated rings. The Kier molecular flexibility index (Phi) is 6.91. The van der Waals surface area contributed by atoms with Crippen molar-refractivity contribution in [2.24, 2.45) is 0 Å². The molecular formula is C47H31N3O. The van der Waals surface area contributed by atoms with E-state index in [1.807, 2.05) is 18.2 Å². The van der Waals surface area contributed by atoms with Gasteiger partial charge in [0.2, 0.25) is 0 Å². The van der Waals surface area contributed by atoms with Crippen LogP contribution in [0.3, 0.4) is 0 Å². The molecule has 0 spiro atoms. The van der Waals surface area contributed by atoms with Crippen molar-refractivity contribution >= 4 is 22.6 Å². The largest absolute Gasteiger partial charge is 0.485 e. The lowest BCUT2D eigenvalue weighted by Crippen LogP contribution is -2.38. The molecule has 0 saturated carbocycles. The summed E-state index contributed by atoms with van der Waals surface area (Å²) < 4.78 is 6.54. The van der Waals surface area contributed by atoms with Gasteiger partial charge in [-0.15, -0.1) is 0 Å². The molecule has 6 aromatic carbocycles. The van der Waals surface area contributed by atoms with Gasteiger partial charge in [0.05, 0.1) is 22.6 Å². The van der Waals surface area contributed by atoms with Crippen LogP contribution in [0.2, 0.25) is 0 Å². The van der Waals surface area contributed by atoms with Gasteiger partial charge < -0.3 is 4.74 Å². The molecule has 0 bridgehead atoms. The van der Waals surface area contributed by atoms with Crippen LogP contribution in [0.4, 0.5) is 0 Å². The summed E-state index contributed by atoms with van der Waals surface area (Å²) in [4.78, 5) is 15.7. The summed E-state index contributed by atoms with van der Waals surface area (Å²) in [5.41, 5.74) is 12.5. The Bertz CT molecular complexity index is 2740. The van der Waals surface area contributed by atoms with Crippen LogP contribution in [0.5, 0.6) is 5.75 Å². The minimum absolute atomic E-state index is 0.0417. The number of fused-ring (bicyclic) bond motifs is 6. The quantitative estimate of drug-likeness (QED) is 0.186. The summed E-state index contributed by atoms with van der Waals surface area (Å²) in [5.74, 6) is 1.62. The highest BCUT2D eigenvalue weighted by molar-refractivity contribution is 5.93. The molecule has 4 heteroatoms. The van der Waals surface area contributed by atoms with Gasteiger partial charge in [0.25, 0.3) is 0 Å². The van der Waals surface area contributed by atoms with Crippen LogP contribution in [-0.4, -0.2) is 21.1 Å². The molecule has 0 radical (unpaired) electrons. The fourth-order valence-corrected chi connectivity index (χ4v) is 7.56. The Morgan fingerprint density at radius 3 is 1.92 bits per heavy atom. The first kappa shape index (κ1) is 29.3. The van der Waals surface area contributed by atoms with Gasteiger partial charge in [-0.05, 0) is 41.5 Å². The summed E-state index contributed by atoms with van der Waals surface area (Å²) in [6.45, 7) is 0. The molecule has 240 valence electrons. The standard InChI is InChI=1S/C47H31N3O/c1-4-13-30(14-5-1)33-19-12-20-35(27-33)47-49-40(31-15-6-2-7-16-31)29-41(50-47)34-23-25-39-38(28-34)44-37(46(48-39)32-17-8-3-9-18-32)24-26-43-45(44)36-21-10-11-22-42(36)51-43/h1-25,27-29,43H,26H2. The first-order valence-corrected chi connectivity index (χ1v) is 17.4. The molecule has 0 N–H and O–H groups in total. The second kappa shape index (κ2) is 12.0. The summed E-state index contributed by atoms with van der Waals surface area (Å²) in [6.07, 6.45) is 3.06. The number of rotatable bonds is 5. The van der Waals surface area contributed by atoms with E-state index in [-0.39, 0.29) is 6.10 Å². The van der Waals surface area contributed by atoms with Gasteiger partial charge in [-0.1, -0.05) is 140 Å². The summed E-state index contributed by atoms with van der Waals surface area (Å²) in [5, 5.41) is 3.43. The lowest BCUT2D eigenvalue weighted by Gasteiger charge is -2.18. The Hall–Kier alpha value is -6.65. The van der Waals surface area contributed by atoms with Gasteiger partial charge in [-0.3, -0.25) is 0 Å². The maximum Gasteiger partial charge on any atom is 0.160 e. The van der Waals surface area contributed by atoms with Gasteiger partial charge in [0.15, 0.2) is 5.82 Å².